The van der Waals surface area contributed by atoms with Crippen molar-refractivity contribution >= 4 is 11.8 Å². The van der Waals surface area contributed by atoms with E-state index in [1.54, 1.807) is 4.90 Å². The van der Waals surface area contributed by atoms with E-state index in [0.29, 0.717) is 51.3 Å². The fourth-order valence-electron chi connectivity index (χ4n) is 3.59. The molecular weight excluding hydrogens is 296 g/mol. The zero-order valence-electron chi connectivity index (χ0n) is 13.0. The molecule has 0 radical (unpaired) electrons. The van der Waals surface area contributed by atoms with Crippen LogP contribution in [-0.4, -0.2) is 60.2 Å². The Hall–Kier alpha value is -1.92. The molecule has 3 aliphatic rings. The summed E-state index contributed by atoms with van der Waals surface area (Å²) < 4.78 is 11.4. The van der Waals surface area contributed by atoms with Gasteiger partial charge in [0, 0.05) is 38.0 Å². The second-order valence-corrected chi connectivity index (χ2v) is 6.31. The molecule has 0 aliphatic carbocycles. The number of nitrogens with zero attached hydrogens (tertiary/aromatic N) is 2. The number of carbonyl (C=O) groups excluding carboxylic acids is 2. The van der Waals surface area contributed by atoms with Gasteiger partial charge in [-0.05, 0) is 11.6 Å². The summed E-state index contributed by atoms with van der Waals surface area (Å²) in [4.78, 5) is 28.3. The molecule has 23 heavy (non-hydrogen) atoms. The summed E-state index contributed by atoms with van der Waals surface area (Å²) in [5, 5.41) is 0. The molecule has 2 amide bonds. The highest BCUT2D eigenvalue weighted by atomic mass is 16.7. The van der Waals surface area contributed by atoms with Gasteiger partial charge in [-0.15, -0.1) is 0 Å². The van der Waals surface area contributed by atoms with Crippen LogP contribution in [0.4, 0.5) is 0 Å². The number of fused-ring (bicyclic) bond motifs is 1. The van der Waals surface area contributed by atoms with Crippen molar-refractivity contribution in [3.8, 4) is 0 Å². The minimum atomic E-state index is -0.476. The van der Waals surface area contributed by atoms with Gasteiger partial charge >= 0.3 is 0 Å². The average Bonchev–Trinajstić information content (AvgIpc) is 3.14. The lowest BCUT2D eigenvalue weighted by molar-refractivity contribution is -0.187. The van der Waals surface area contributed by atoms with Crippen LogP contribution in [0.1, 0.15) is 28.8 Å². The van der Waals surface area contributed by atoms with E-state index in [-0.39, 0.29) is 18.4 Å². The third-order valence-corrected chi connectivity index (χ3v) is 4.91. The van der Waals surface area contributed by atoms with Crippen LogP contribution in [0.2, 0.25) is 0 Å². The van der Waals surface area contributed by atoms with Gasteiger partial charge in [0.25, 0.3) is 5.91 Å². The number of likely N-dealkylation sites (tertiary alicyclic amines) is 1. The van der Waals surface area contributed by atoms with E-state index < -0.39 is 5.79 Å². The summed E-state index contributed by atoms with van der Waals surface area (Å²) >= 11 is 0. The largest absolute Gasteiger partial charge is 0.347 e. The number of rotatable bonds is 2. The Morgan fingerprint density at radius 3 is 2.52 bits per heavy atom. The smallest absolute Gasteiger partial charge is 0.254 e. The lowest BCUT2D eigenvalue weighted by Crippen LogP contribution is -2.49. The predicted octanol–water partition coefficient (Wildman–Crippen LogP) is 1.01. The number of carbonyl (C=O) groups is 2. The van der Waals surface area contributed by atoms with Crippen molar-refractivity contribution in [1.82, 2.24) is 9.80 Å². The summed E-state index contributed by atoms with van der Waals surface area (Å²) in [6.07, 6.45) is 1.40. The first-order valence-electron chi connectivity index (χ1n) is 8.10. The zero-order valence-corrected chi connectivity index (χ0v) is 13.0. The van der Waals surface area contributed by atoms with E-state index in [1.807, 2.05) is 29.2 Å². The molecule has 6 nitrogen and oxygen atoms in total. The first kappa shape index (κ1) is 14.7. The van der Waals surface area contributed by atoms with Gasteiger partial charge in [0.1, 0.15) is 6.54 Å². The minimum Gasteiger partial charge on any atom is -0.347 e. The monoisotopic (exact) mass is 316 g/mol. The summed E-state index contributed by atoms with van der Waals surface area (Å²) in [5.74, 6) is -0.528. The fourth-order valence-corrected chi connectivity index (χ4v) is 3.59. The quantitative estimate of drug-likeness (QED) is 0.817. The van der Waals surface area contributed by atoms with Crippen LogP contribution in [0.5, 0.6) is 0 Å². The minimum absolute atomic E-state index is 0.000923. The average molecular weight is 316 g/mol. The molecule has 0 N–H and O–H groups in total. The highest BCUT2D eigenvalue weighted by Crippen LogP contribution is 2.31. The molecule has 0 saturated carbocycles. The first-order chi connectivity index (χ1) is 11.2. The van der Waals surface area contributed by atoms with Gasteiger partial charge < -0.3 is 19.3 Å². The molecule has 2 saturated heterocycles. The maximum Gasteiger partial charge on any atom is 0.254 e. The summed E-state index contributed by atoms with van der Waals surface area (Å²) in [6.45, 7) is 3.16. The summed E-state index contributed by atoms with van der Waals surface area (Å²) in [6, 6.07) is 7.54. The van der Waals surface area contributed by atoms with Gasteiger partial charge in [-0.3, -0.25) is 9.59 Å². The highest BCUT2D eigenvalue weighted by Gasteiger charge is 2.41. The molecule has 0 atom stereocenters. The highest BCUT2D eigenvalue weighted by molar-refractivity contribution is 6.00. The molecule has 0 unspecified atom stereocenters. The molecule has 0 aromatic heterocycles. The van der Waals surface area contributed by atoms with Gasteiger partial charge in [-0.2, -0.15) is 0 Å². The van der Waals surface area contributed by atoms with E-state index in [4.69, 9.17) is 9.47 Å². The number of ether oxygens (including phenoxy) is 2. The molecule has 4 rings (SSSR count). The molecule has 3 heterocycles. The maximum atomic E-state index is 12.5. The van der Waals surface area contributed by atoms with Gasteiger partial charge in [0.05, 0.1) is 13.2 Å². The zero-order chi connectivity index (χ0) is 15.9. The third kappa shape index (κ3) is 2.62. The van der Waals surface area contributed by atoms with Crippen LogP contribution in [0, 0.1) is 0 Å². The normalized spacial score (nSPS) is 22.7. The third-order valence-electron chi connectivity index (χ3n) is 4.91. The molecule has 0 bridgehead atoms. The standard InChI is InChI=1S/C17H20N2O4/c20-15(18-7-5-17(6-8-18)22-9-10-23-17)12-19-11-13-3-1-2-4-14(13)16(19)21/h1-4H,5-12H2. The van der Waals surface area contributed by atoms with Crippen molar-refractivity contribution in [1.29, 1.82) is 0 Å². The van der Waals surface area contributed by atoms with Gasteiger partial charge in [-0.1, -0.05) is 18.2 Å². The van der Waals surface area contributed by atoms with Gasteiger partial charge in [0.2, 0.25) is 5.91 Å². The maximum absolute atomic E-state index is 12.5. The molecule has 1 spiro atoms. The molecule has 1 aromatic carbocycles. The lowest BCUT2D eigenvalue weighted by Gasteiger charge is -2.38. The molecule has 6 heteroatoms. The van der Waals surface area contributed by atoms with Crippen molar-refractivity contribution in [3.63, 3.8) is 0 Å². The molecular formula is C17H20N2O4. The van der Waals surface area contributed by atoms with Gasteiger partial charge in [-0.25, -0.2) is 0 Å². The van der Waals surface area contributed by atoms with E-state index in [0.717, 1.165) is 5.56 Å². The van der Waals surface area contributed by atoms with Crippen LogP contribution in [0.25, 0.3) is 0 Å². The Bertz CT molecular complexity index is 629. The Morgan fingerprint density at radius 2 is 1.83 bits per heavy atom. The number of hydrogen-bond donors (Lipinski definition) is 0. The SMILES string of the molecule is O=C(CN1Cc2ccccc2C1=O)N1CCC2(CC1)OCCO2. The second kappa shape index (κ2) is 5.62. The summed E-state index contributed by atoms with van der Waals surface area (Å²) in [7, 11) is 0. The van der Waals surface area contributed by atoms with Crippen molar-refractivity contribution < 1.29 is 19.1 Å². The van der Waals surface area contributed by atoms with Crippen molar-refractivity contribution in [2.45, 2.75) is 25.2 Å². The summed E-state index contributed by atoms with van der Waals surface area (Å²) in [5.41, 5.74) is 1.71. The topological polar surface area (TPSA) is 59.1 Å². The Kier molecular flexibility index (Phi) is 3.58. The van der Waals surface area contributed by atoms with Crippen molar-refractivity contribution in [3.05, 3.63) is 35.4 Å². The second-order valence-electron chi connectivity index (χ2n) is 6.31. The molecule has 2 fully saturated rings. The predicted molar refractivity (Wildman–Crippen MR) is 81.6 cm³/mol. The van der Waals surface area contributed by atoms with Crippen molar-refractivity contribution in [2.75, 3.05) is 32.8 Å². The van der Waals surface area contributed by atoms with E-state index in [2.05, 4.69) is 0 Å². The number of piperidine rings is 1. The fraction of sp³-hybridized carbons (Fsp3) is 0.529. The van der Waals surface area contributed by atoms with Gasteiger partial charge in [0.15, 0.2) is 5.79 Å². The Balaban J connectivity index is 1.36. The molecule has 3 aliphatic heterocycles. The van der Waals surface area contributed by atoms with Crippen LogP contribution in [-0.2, 0) is 20.8 Å². The van der Waals surface area contributed by atoms with Crippen LogP contribution < -0.4 is 0 Å². The number of benzene rings is 1. The van der Waals surface area contributed by atoms with Crippen LogP contribution in [0.3, 0.4) is 0 Å². The van der Waals surface area contributed by atoms with Crippen LogP contribution >= 0.6 is 0 Å². The van der Waals surface area contributed by atoms with Crippen LogP contribution in [0.15, 0.2) is 24.3 Å². The molecule has 1 aromatic rings. The Morgan fingerprint density at radius 1 is 1.13 bits per heavy atom. The lowest BCUT2D eigenvalue weighted by atomic mass is 10.0. The first-order valence-corrected chi connectivity index (χ1v) is 8.10. The Labute approximate surface area is 134 Å². The number of hydrogen-bond acceptors (Lipinski definition) is 4. The van der Waals surface area contributed by atoms with E-state index in [1.165, 1.54) is 0 Å². The van der Waals surface area contributed by atoms with Crippen molar-refractivity contribution in [2.24, 2.45) is 0 Å². The van der Waals surface area contributed by atoms with E-state index >= 15 is 0 Å². The number of amides is 2. The van der Waals surface area contributed by atoms with E-state index in [9.17, 15) is 9.59 Å². The molecule has 122 valence electrons.